The summed E-state index contributed by atoms with van der Waals surface area (Å²) in [6, 6.07) is 0. The highest BCUT2D eigenvalue weighted by molar-refractivity contribution is 6.16. The highest BCUT2D eigenvalue weighted by atomic mass is 16.7. The van der Waals surface area contributed by atoms with E-state index in [0.717, 1.165) is 13.0 Å². The predicted molar refractivity (Wildman–Crippen MR) is 59.7 cm³/mol. The van der Waals surface area contributed by atoms with Crippen molar-refractivity contribution in [2.45, 2.75) is 39.4 Å². The van der Waals surface area contributed by atoms with Crippen LogP contribution in [-0.2, 0) is 19.1 Å². The number of ether oxygens (including phenoxy) is 2. The van der Waals surface area contributed by atoms with E-state index in [-0.39, 0.29) is 11.5 Å². The van der Waals surface area contributed by atoms with E-state index >= 15 is 0 Å². The molecule has 0 atom stereocenters. The predicted octanol–water partition coefficient (Wildman–Crippen LogP) is 1.10. The summed E-state index contributed by atoms with van der Waals surface area (Å²) < 4.78 is 10.5. The van der Waals surface area contributed by atoms with Crippen LogP contribution >= 0.6 is 0 Å². The monoisotopic (exact) mass is 239 g/mol. The van der Waals surface area contributed by atoms with Gasteiger partial charge in [0.05, 0.1) is 0 Å². The molecule has 1 N–H and O–H groups in total. The van der Waals surface area contributed by atoms with Gasteiger partial charge in [-0.15, -0.1) is 0 Å². The van der Waals surface area contributed by atoms with Gasteiger partial charge in [-0.2, -0.15) is 0 Å². The van der Waals surface area contributed by atoms with E-state index in [1.54, 1.807) is 6.92 Å². The van der Waals surface area contributed by atoms with Gasteiger partial charge in [0, 0.05) is 25.1 Å². The highest BCUT2D eigenvalue weighted by Gasteiger charge is 2.46. The lowest BCUT2D eigenvalue weighted by molar-refractivity contribution is -0.243. The number of nitrogens with one attached hydrogen (secondary N) is 1. The number of carbonyl (C=O) groups excluding carboxylic acids is 2. The molecule has 0 amide bonds. The molecule has 2 aliphatic heterocycles. The van der Waals surface area contributed by atoms with E-state index in [9.17, 15) is 9.59 Å². The second kappa shape index (κ2) is 4.05. The average Bonchev–Trinajstić information content (AvgIpc) is 2.69. The molecule has 0 aromatic heterocycles. The largest absolute Gasteiger partial charge is 0.419 e. The van der Waals surface area contributed by atoms with Crippen molar-refractivity contribution >= 4 is 11.9 Å². The molecule has 0 spiro atoms. The summed E-state index contributed by atoms with van der Waals surface area (Å²) in [7, 11) is 0. The van der Waals surface area contributed by atoms with Gasteiger partial charge in [0.25, 0.3) is 5.79 Å². The first-order valence-electron chi connectivity index (χ1n) is 5.88. The summed E-state index contributed by atoms with van der Waals surface area (Å²) in [5.41, 5.74) is 0.673. The van der Waals surface area contributed by atoms with Crippen LogP contribution in [0.4, 0.5) is 0 Å². The second-order valence-electron chi connectivity index (χ2n) is 4.83. The Bertz CT molecular complexity index is 369. The van der Waals surface area contributed by atoms with Crippen molar-refractivity contribution < 1.29 is 19.1 Å². The molecule has 2 fully saturated rings. The van der Waals surface area contributed by atoms with Crippen LogP contribution in [0.25, 0.3) is 0 Å². The van der Waals surface area contributed by atoms with Gasteiger partial charge in [-0.05, 0) is 12.8 Å². The normalized spacial score (nSPS) is 29.2. The summed E-state index contributed by atoms with van der Waals surface area (Å²) in [4.78, 5) is 23.8. The molecule has 2 aliphatic rings. The van der Waals surface area contributed by atoms with Crippen LogP contribution < -0.4 is 5.32 Å². The Balaban J connectivity index is 2.29. The molecule has 2 saturated heterocycles. The van der Waals surface area contributed by atoms with E-state index in [0.29, 0.717) is 12.1 Å². The van der Waals surface area contributed by atoms with Crippen LogP contribution in [0.5, 0.6) is 0 Å². The van der Waals surface area contributed by atoms with Gasteiger partial charge < -0.3 is 14.8 Å². The third-order valence-electron chi connectivity index (χ3n) is 3.29. The molecule has 0 saturated carbocycles. The molecule has 0 unspecified atom stereocenters. The molecule has 0 aliphatic carbocycles. The van der Waals surface area contributed by atoms with Crippen molar-refractivity contribution in [3.8, 4) is 0 Å². The fourth-order valence-corrected chi connectivity index (χ4v) is 1.86. The van der Waals surface area contributed by atoms with Crippen LogP contribution in [0.15, 0.2) is 11.3 Å². The summed E-state index contributed by atoms with van der Waals surface area (Å²) in [5, 5.41) is 3.02. The smallest absolute Gasteiger partial charge is 0.350 e. The number of cyclic esters (lactones) is 2. The fraction of sp³-hybridized carbons (Fsp3) is 0.667. The van der Waals surface area contributed by atoms with Gasteiger partial charge in [-0.1, -0.05) is 13.8 Å². The van der Waals surface area contributed by atoms with Gasteiger partial charge >= 0.3 is 11.9 Å². The van der Waals surface area contributed by atoms with Gasteiger partial charge in [0.2, 0.25) is 0 Å². The minimum absolute atomic E-state index is 0.0284. The van der Waals surface area contributed by atoms with Gasteiger partial charge in [0.15, 0.2) is 5.57 Å². The van der Waals surface area contributed by atoms with Crippen molar-refractivity contribution in [1.82, 2.24) is 5.32 Å². The molecule has 0 bridgehead atoms. The Morgan fingerprint density at radius 1 is 1.24 bits per heavy atom. The van der Waals surface area contributed by atoms with Crippen LogP contribution in [-0.4, -0.2) is 24.3 Å². The molecule has 5 nitrogen and oxygen atoms in total. The second-order valence-corrected chi connectivity index (χ2v) is 4.83. The zero-order valence-electron chi connectivity index (χ0n) is 10.3. The number of carbonyl (C=O) groups is 2. The molecule has 17 heavy (non-hydrogen) atoms. The van der Waals surface area contributed by atoms with Crippen molar-refractivity contribution in [2.75, 3.05) is 6.54 Å². The molecular weight excluding hydrogens is 222 g/mol. The van der Waals surface area contributed by atoms with E-state index in [1.165, 1.54) is 0 Å². The van der Waals surface area contributed by atoms with Crippen LogP contribution in [0.2, 0.25) is 0 Å². The number of hydrogen-bond acceptors (Lipinski definition) is 5. The first kappa shape index (κ1) is 12.0. The Kier molecular flexibility index (Phi) is 2.85. The zero-order chi connectivity index (χ0) is 12.6. The number of rotatable bonds is 1. The molecule has 2 heterocycles. The number of hydrogen-bond donors (Lipinski definition) is 1. The molecule has 5 heteroatoms. The molecule has 0 aromatic rings. The van der Waals surface area contributed by atoms with Gasteiger partial charge in [-0.3, -0.25) is 0 Å². The minimum Gasteiger partial charge on any atom is -0.419 e. The van der Waals surface area contributed by atoms with E-state index < -0.39 is 17.7 Å². The lowest BCUT2D eigenvalue weighted by Gasteiger charge is -2.36. The standard InChI is InChI=1S/C12H17NO4/c1-7(2)12(3)16-10(14)9(11(15)17-12)8-5-4-6-13-8/h7,13H,4-6H2,1-3H3. The summed E-state index contributed by atoms with van der Waals surface area (Å²) in [6.07, 6.45) is 1.61. The average molecular weight is 239 g/mol. The maximum atomic E-state index is 11.9. The first-order valence-corrected chi connectivity index (χ1v) is 5.88. The third kappa shape index (κ3) is 2.01. The zero-order valence-corrected chi connectivity index (χ0v) is 10.3. The molecule has 0 aromatic carbocycles. The van der Waals surface area contributed by atoms with Crippen molar-refractivity contribution in [2.24, 2.45) is 5.92 Å². The van der Waals surface area contributed by atoms with Gasteiger partial charge in [-0.25, -0.2) is 9.59 Å². The molecule has 2 rings (SSSR count). The maximum Gasteiger partial charge on any atom is 0.350 e. The van der Waals surface area contributed by atoms with Crippen molar-refractivity contribution in [3.63, 3.8) is 0 Å². The summed E-state index contributed by atoms with van der Waals surface area (Å²) in [5.74, 6) is -2.40. The topological polar surface area (TPSA) is 64.6 Å². The first-order chi connectivity index (χ1) is 7.94. The minimum atomic E-state index is -1.16. The Hall–Kier alpha value is -1.52. The Morgan fingerprint density at radius 3 is 2.24 bits per heavy atom. The van der Waals surface area contributed by atoms with Gasteiger partial charge in [0.1, 0.15) is 0 Å². The molecule has 94 valence electrons. The fourth-order valence-electron chi connectivity index (χ4n) is 1.86. The number of esters is 2. The highest BCUT2D eigenvalue weighted by Crippen LogP contribution is 2.31. The van der Waals surface area contributed by atoms with E-state index in [2.05, 4.69) is 5.32 Å². The van der Waals surface area contributed by atoms with Crippen molar-refractivity contribution in [3.05, 3.63) is 11.3 Å². The van der Waals surface area contributed by atoms with E-state index in [1.807, 2.05) is 13.8 Å². The lowest BCUT2D eigenvalue weighted by Crippen LogP contribution is -2.48. The van der Waals surface area contributed by atoms with Crippen LogP contribution in [0, 0.1) is 5.92 Å². The van der Waals surface area contributed by atoms with Crippen LogP contribution in [0.1, 0.15) is 33.6 Å². The maximum absolute atomic E-state index is 11.9. The van der Waals surface area contributed by atoms with Crippen LogP contribution in [0.3, 0.4) is 0 Å². The molecular formula is C12H17NO4. The lowest BCUT2D eigenvalue weighted by atomic mass is 10.0. The van der Waals surface area contributed by atoms with E-state index in [4.69, 9.17) is 9.47 Å². The van der Waals surface area contributed by atoms with Crippen molar-refractivity contribution in [1.29, 1.82) is 0 Å². The summed E-state index contributed by atoms with van der Waals surface area (Å²) in [6.45, 7) is 6.07. The SMILES string of the molecule is CC(C)C1(C)OC(=O)C(=C2CCCN2)C(=O)O1. The third-order valence-corrected chi connectivity index (χ3v) is 3.29. The molecule has 0 radical (unpaired) electrons. The summed E-state index contributed by atoms with van der Waals surface area (Å²) >= 11 is 0. The number of allylic oxidation sites excluding steroid dienone is 1. The Labute approximate surface area is 100 Å². The Morgan fingerprint density at radius 2 is 1.82 bits per heavy atom. The quantitative estimate of drug-likeness (QED) is 0.421.